The van der Waals surface area contributed by atoms with Gasteiger partial charge in [0, 0.05) is 0 Å². The molecule has 0 atom stereocenters. The first kappa shape index (κ1) is 11.6. The summed E-state index contributed by atoms with van der Waals surface area (Å²) in [6.07, 6.45) is 3.14. The summed E-state index contributed by atoms with van der Waals surface area (Å²) in [6, 6.07) is 7.61. The van der Waals surface area contributed by atoms with Crippen LogP contribution in [-0.2, 0) is 4.74 Å². The zero-order valence-corrected chi connectivity index (χ0v) is 10.7. The van der Waals surface area contributed by atoms with Crippen molar-refractivity contribution in [3.05, 3.63) is 42.5 Å². The molecule has 0 aliphatic carbocycles. The van der Waals surface area contributed by atoms with Gasteiger partial charge in [-0.05, 0) is 26.0 Å². The molecule has 0 aliphatic rings. The molecule has 5 nitrogen and oxygen atoms in total. The molecule has 0 fully saturated rings. The van der Waals surface area contributed by atoms with E-state index in [9.17, 15) is 4.79 Å². The molecular weight excluding hydrogens is 242 g/mol. The van der Waals surface area contributed by atoms with Crippen LogP contribution in [0.25, 0.3) is 16.6 Å². The lowest BCUT2D eigenvalue weighted by molar-refractivity contribution is 0.0363. The molecule has 0 bridgehead atoms. The van der Waals surface area contributed by atoms with Gasteiger partial charge >= 0.3 is 5.97 Å². The van der Waals surface area contributed by atoms with Gasteiger partial charge in [-0.25, -0.2) is 9.78 Å². The highest BCUT2D eigenvalue weighted by atomic mass is 16.5. The smallest absolute Gasteiger partial charge is 0.375 e. The third-order valence-corrected chi connectivity index (χ3v) is 2.77. The van der Waals surface area contributed by atoms with Crippen LogP contribution in [-0.4, -0.2) is 26.4 Å². The average Bonchev–Trinajstić information content (AvgIpc) is 2.82. The summed E-state index contributed by atoms with van der Waals surface area (Å²) < 4.78 is 6.98. The predicted molar refractivity (Wildman–Crippen MR) is 71.0 cm³/mol. The summed E-state index contributed by atoms with van der Waals surface area (Å²) in [6.45, 7) is 3.63. The number of aromatic nitrogens is 3. The fourth-order valence-electron chi connectivity index (χ4n) is 2.02. The number of carbonyl (C=O) groups is 1. The molecule has 0 spiro atoms. The Kier molecular flexibility index (Phi) is 2.67. The van der Waals surface area contributed by atoms with E-state index in [0.717, 1.165) is 16.6 Å². The minimum atomic E-state index is -0.425. The first-order chi connectivity index (χ1) is 9.16. The number of ether oxygens (including phenoxy) is 1. The molecule has 2 heterocycles. The molecule has 2 aromatic heterocycles. The molecule has 0 saturated heterocycles. The van der Waals surface area contributed by atoms with E-state index in [1.165, 1.54) is 0 Å². The normalized spacial score (nSPS) is 11.3. The third kappa shape index (κ3) is 1.93. The number of carbonyl (C=O) groups excluding carboxylic acids is 1. The van der Waals surface area contributed by atoms with Crippen molar-refractivity contribution in [2.24, 2.45) is 0 Å². The minimum Gasteiger partial charge on any atom is -0.457 e. The van der Waals surface area contributed by atoms with Crippen LogP contribution in [0.1, 0.15) is 24.5 Å². The standard InChI is InChI=1S/C14H13N3O2/c1-9(2)19-14(18)13-16-8-10-7-15-11-5-3-4-6-12(11)17(10)13/h3-9H,1-2H3. The monoisotopic (exact) mass is 255 g/mol. The van der Waals surface area contributed by atoms with Gasteiger partial charge in [0.05, 0.1) is 35.0 Å². The number of nitrogens with zero attached hydrogens (tertiary/aromatic N) is 3. The Morgan fingerprint density at radius 2 is 1.95 bits per heavy atom. The predicted octanol–water partition coefficient (Wildman–Crippen LogP) is 2.45. The Balaban J connectivity index is 2.26. The van der Waals surface area contributed by atoms with E-state index in [0.29, 0.717) is 0 Å². The second-order valence-electron chi connectivity index (χ2n) is 4.54. The molecule has 19 heavy (non-hydrogen) atoms. The maximum Gasteiger partial charge on any atom is 0.375 e. The Morgan fingerprint density at radius 3 is 2.74 bits per heavy atom. The number of esters is 1. The van der Waals surface area contributed by atoms with Crippen LogP contribution >= 0.6 is 0 Å². The van der Waals surface area contributed by atoms with E-state index in [2.05, 4.69) is 9.97 Å². The topological polar surface area (TPSA) is 56.5 Å². The molecule has 3 rings (SSSR count). The van der Waals surface area contributed by atoms with Crippen molar-refractivity contribution >= 4 is 22.5 Å². The highest BCUT2D eigenvalue weighted by Gasteiger charge is 2.17. The van der Waals surface area contributed by atoms with Crippen molar-refractivity contribution < 1.29 is 9.53 Å². The summed E-state index contributed by atoms with van der Waals surface area (Å²) in [5.74, 6) is -0.145. The maximum atomic E-state index is 12.0. The summed E-state index contributed by atoms with van der Waals surface area (Å²) in [4.78, 5) is 20.5. The van der Waals surface area contributed by atoms with Crippen LogP contribution in [0.3, 0.4) is 0 Å². The fourth-order valence-corrected chi connectivity index (χ4v) is 2.02. The molecule has 3 aromatic rings. The average molecular weight is 255 g/mol. The molecule has 0 radical (unpaired) electrons. The van der Waals surface area contributed by atoms with Gasteiger partial charge in [0.15, 0.2) is 0 Å². The van der Waals surface area contributed by atoms with Gasteiger partial charge in [-0.15, -0.1) is 0 Å². The zero-order valence-electron chi connectivity index (χ0n) is 10.7. The molecule has 0 amide bonds. The van der Waals surface area contributed by atoms with Gasteiger partial charge < -0.3 is 4.74 Å². The summed E-state index contributed by atoms with van der Waals surface area (Å²) in [7, 11) is 0. The van der Waals surface area contributed by atoms with Crippen molar-refractivity contribution in [2.75, 3.05) is 0 Å². The summed E-state index contributed by atoms with van der Waals surface area (Å²) >= 11 is 0. The highest BCUT2D eigenvalue weighted by molar-refractivity contribution is 5.90. The number of benzene rings is 1. The van der Waals surface area contributed by atoms with Gasteiger partial charge in [-0.2, -0.15) is 0 Å². The van der Waals surface area contributed by atoms with Gasteiger partial charge in [0.2, 0.25) is 5.82 Å². The van der Waals surface area contributed by atoms with E-state index >= 15 is 0 Å². The van der Waals surface area contributed by atoms with E-state index in [-0.39, 0.29) is 11.9 Å². The zero-order chi connectivity index (χ0) is 13.4. The van der Waals surface area contributed by atoms with Crippen LogP contribution < -0.4 is 0 Å². The molecule has 0 N–H and O–H groups in total. The Bertz CT molecular complexity index is 762. The molecule has 1 aromatic carbocycles. The van der Waals surface area contributed by atoms with Gasteiger partial charge in [0.25, 0.3) is 0 Å². The third-order valence-electron chi connectivity index (χ3n) is 2.77. The van der Waals surface area contributed by atoms with Gasteiger partial charge in [-0.1, -0.05) is 12.1 Å². The molecule has 0 unspecified atom stereocenters. The SMILES string of the molecule is CC(C)OC(=O)c1ncc2cnc3ccccc3n12. The Labute approximate surface area is 109 Å². The second kappa shape index (κ2) is 4.35. The first-order valence-electron chi connectivity index (χ1n) is 6.09. The number of hydrogen-bond donors (Lipinski definition) is 0. The Hall–Kier alpha value is -2.43. The summed E-state index contributed by atoms with van der Waals surface area (Å²) in [5.41, 5.74) is 2.43. The second-order valence-corrected chi connectivity index (χ2v) is 4.54. The van der Waals surface area contributed by atoms with Crippen LogP contribution in [0.5, 0.6) is 0 Å². The largest absolute Gasteiger partial charge is 0.457 e. The van der Waals surface area contributed by atoms with E-state index < -0.39 is 5.97 Å². The quantitative estimate of drug-likeness (QED) is 0.660. The minimum absolute atomic E-state index is 0.173. The number of rotatable bonds is 2. The lowest BCUT2D eigenvalue weighted by atomic mass is 10.3. The molecule has 96 valence electrons. The van der Waals surface area contributed by atoms with Crippen LogP contribution in [0, 0.1) is 0 Å². The molecular formula is C14H13N3O2. The van der Waals surface area contributed by atoms with Crippen molar-refractivity contribution in [3.8, 4) is 0 Å². The van der Waals surface area contributed by atoms with Crippen molar-refractivity contribution in [2.45, 2.75) is 20.0 Å². The van der Waals surface area contributed by atoms with E-state index in [1.807, 2.05) is 38.1 Å². The van der Waals surface area contributed by atoms with Crippen LogP contribution in [0.2, 0.25) is 0 Å². The first-order valence-corrected chi connectivity index (χ1v) is 6.09. The van der Waals surface area contributed by atoms with Crippen LogP contribution in [0.4, 0.5) is 0 Å². The lowest BCUT2D eigenvalue weighted by Crippen LogP contribution is -2.15. The van der Waals surface area contributed by atoms with Crippen molar-refractivity contribution in [1.82, 2.24) is 14.4 Å². The lowest BCUT2D eigenvalue weighted by Gasteiger charge is -2.08. The van der Waals surface area contributed by atoms with E-state index in [4.69, 9.17) is 4.74 Å². The molecule has 5 heteroatoms. The highest BCUT2D eigenvalue weighted by Crippen LogP contribution is 2.17. The van der Waals surface area contributed by atoms with Crippen molar-refractivity contribution in [3.63, 3.8) is 0 Å². The number of imidazole rings is 1. The van der Waals surface area contributed by atoms with E-state index in [1.54, 1.807) is 16.8 Å². The van der Waals surface area contributed by atoms with Gasteiger partial charge in [0.1, 0.15) is 0 Å². The Morgan fingerprint density at radius 1 is 1.21 bits per heavy atom. The summed E-state index contributed by atoms with van der Waals surface area (Å²) in [5, 5.41) is 0. The molecule has 0 aliphatic heterocycles. The number of hydrogen-bond acceptors (Lipinski definition) is 4. The number of fused-ring (bicyclic) bond motifs is 3. The number of para-hydroxylation sites is 2. The fraction of sp³-hybridized carbons (Fsp3) is 0.214. The van der Waals surface area contributed by atoms with Gasteiger partial charge in [-0.3, -0.25) is 9.38 Å². The van der Waals surface area contributed by atoms with Crippen molar-refractivity contribution in [1.29, 1.82) is 0 Å². The molecule has 0 saturated carbocycles. The van der Waals surface area contributed by atoms with Crippen LogP contribution in [0.15, 0.2) is 36.7 Å². The maximum absolute atomic E-state index is 12.0.